The van der Waals surface area contributed by atoms with Crippen LogP contribution in [0.25, 0.3) is 5.57 Å². The third-order valence-corrected chi connectivity index (χ3v) is 3.27. The molecule has 1 aromatic carbocycles. The SMILES string of the molecule is C=C/C(=C(\N=C(/N)SC)C(=O)OC)c1ccccc1Cl. The molecule has 1 aromatic rings. The molecule has 0 radical (unpaired) electrons. The summed E-state index contributed by atoms with van der Waals surface area (Å²) >= 11 is 7.37. The molecule has 0 aliphatic heterocycles. The normalized spacial score (nSPS) is 12.7. The van der Waals surface area contributed by atoms with Crippen molar-refractivity contribution in [3.63, 3.8) is 0 Å². The highest BCUT2D eigenvalue weighted by Crippen LogP contribution is 2.28. The summed E-state index contributed by atoms with van der Waals surface area (Å²) in [5, 5.41) is 0.735. The number of allylic oxidation sites excluding steroid dienone is 2. The van der Waals surface area contributed by atoms with E-state index in [-0.39, 0.29) is 10.9 Å². The lowest BCUT2D eigenvalue weighted by Gasteiger charge is -2.09. The molecular formula is C14H15ClN2O2S. The van der Waals surface area contributed by atoms with E-state index in [9.17, 15) is 4.79 Å². The monoisotopic (exact) mass is 310 g/mol. The van der Waals surface area contributed by atoms with Crippen molar-refractivity contribution in [1.82, 2.24) is 0 Å². The highest BCUT2D eigenvalue weighted by Gasteiger charge is 2.17. The summed E-state index contributed by atoms with van der Waals surface area (Å²) in [6.45, 7) is 3.71. The first-order valence-electron chi connectivity index (χ1n) is 5.63. The fraction of sp³-hybridized carbons (Fsp3) is 0.143. The van der Waals surface area contributed by atoms with Crippen molar-refractivity contribution < 1.29 is 9.53 Å². The van der Waals surface area contributed by atoms with Gasteiger partial charge in [-0.2, -0.15) is 0 Å². The molecule has 0 aliphatic rings. The van der Waals surface area contributed by atoms with Gasteiger partial charge in [0.2, 0.25) is 0 Å². The molecule has 0 bridgehead atoms. The van der Waals surface area contributed by atoms with Gasteiger partial charge in [-0.25, -0.2) is 9.79 Å². The number of nitrogens with two attached hydrogens (primary N) is 1. The molecule has 2 N–H and O–H groups in total. The molecule has 0 aromatic heterocycles. The number of ether oxygens (including phenoxy) is 1. The number of esters is 1. The van der Waals surface area contributed by atoms with Gasteiger partial charge in [0.05, 0.1) is 7.11 Å². The van der Waals surface area contributed by atoms with E-state index in [1.807, 2.05) is 0 Å². The molecule has 4 nitrogen and oxygen atoms in total. The van der Waals surface area contributed by atoms with Gasteiger partial charge >= 0.3 is 5.97 Å². The van der Waals surface area contributed by atoms with Crippen molar-refractivity contribution in [3.05, 3.63) is 53.2 Å². The standard InChI is InChI=1S/C14H15ClN2O2S/c1-4-9(10-7-5-6-8-11(10)15)12(13(18)19-2)17-14(16)20-3/h4-8H,1H2,2-3H3,(H2,16,17)/b12-9+. The van der Waals surface area contributed by atoms with Gasteiger partial charge < -0.3 is 10.5 Å². The van der Waals surface area contributed by atoms with Crippen molar-refractivity contribution in [3.8, 4) is 0 Å². The van der Waals surface area contributed by atoms with Crippen molar-refractivity contribution >= 4 is 40.1 Å². The van der Waals surface area contributed by atoms with Crippen LogP contribution in [0.2, 0.25) is 5.02 Å². The van der Waals surface area contributed by atoms with E-state index in [1.165, 1.54) is 24.9 Å². The highest BCUT2D eigenvalue weighted by atomic mass is 35.5. The van der Waals surface area contributed by atoms with Crippen molar-refractivity contribution in [2.45, 2.75) is 0 Å². The lowest BCUT2D eigenvalue weighted by atomic mass is 10.0. The second-order valence-corrected chi connectivity index (χ2v) is 4.83. The van der Waals surface area contributed by atoms with Gasteiger partial charge in [-0.05, 0) is 12.3 Å². The lowest BCUT2D eigenvalue weighted by Crippen LogP contribution is -2.12. The van der Waals surface area contributed by atoms with Crippen LogP contribution in [0, 0.1) is 0 Å². The topological polar surface area (TPSA) is 64.7 Å². The summed E-state index contributed by atoms with van der Waals surface area (Å²) in [5.74, 6) is -0.600. The van der Waals surface area contributed by atoms with Crippen LogP contribution in [0.1, 0.15) is 5.56 Å². The van der Waals surface area contributed by atoms with Gasteiger partial charge in [-0.15, -0.1) is 0 Å². The Morgan fingerprint density at radius 2 is 2.15 bits per heavy atom. The molecule has 0 saturated carbocycles. The van der Waals surface area contributed by atoms with Gasteiger partial charge in [0.25, 0.3) is 0 Å². The van der Waals surface area contributed by atoms with Gasteiger partial charge in [0, 0.05) is 16.2 Å². The van der Waals surface area contributed by atoms with E-state index in [2.05, 4.69) is 11.6 Å². The molecule has 0 heterocycles. The van der Waals surface area contributed by atoms with Crippen LogP contribution < -0.4 is 5.73 Å². The number of rotatable bonds is 4. The minimum Gasteiger partial charge on any atom is -0.464 e. The third-order valence-electron chi connectivity index (χ3n) is 2.43. The second-order valence-electron chi connectivity index (χ2n) is 3.59. The van der Waals surface area contributed by atoms with Crippen molar-refractivity contribution in [2.75, 3.05) is 13.4 Å². The Balaban J connectivity index is 3.55. The zero-order chi connectivity index (χ0) is 15.1. The molecule has 0 spiro atoms. The van der Waals surface area contributed by atoms with Gasteiger partial charge in [-0.1, -0.05) is 54.2 Å². The Kier molecular flexibility index (Phi) is 6.35. The van der Waals surface area contributed by atoms with E-state index in [1.54, 1.807) is 30.5 Å². The summed E-state index contributed by atoms with van der Waals surface area (Å²) in [6, 6.07) is 7.09. The number of amidine groups is 1. The van der Waals surface area contributed by atoms with Gasteiger partial charge in [0.15, 0.2) is 10.9 Å². The van der Waals surface area contributed by atoms with Crippen LogP contribution in [0.15, 0.2) is 47.6 Å². The van der Waals surface area contributed by atoms with E-state index in [0.29, 0.717) is 16.2 Å². The number of aliphatic imine (C=N–C) groups is 1. The summed E-state index contributed by atoms with van der Waals surface area (Å²) in [5.41, 5.74) is 6.86. The van der Waals surface area contributed by atoms with Gasteiger partial charge in [0.1, 0.15) is 0 Å². The summed E-state index contributed by atoms with van der Waals surface area (Å²) in [4.78, 5) is 16.0. The maximum atomic E-state index is 11.9. The zero-order valence-corrected chi connectivity index (χ0v) is 12.8. The average molecular weight is 311 g/mol. The molecule has 0 saturated heterocycles. The first-order chi connectivity index (χ1) is 9.54. The van der Waals surface area contributed by atoms with Crippen molar-refractivity contribution in [1.29, 1.82) is 0 Å². The number of hydrogen-bond donors (Lipinski definition) is 1. The Morgan fingerprint density at radius 1 is 1.50 bits per heavy atom. The van der Waals surface area contributed by atoms with E-state index in [0.717, 1.165) is 0 Å². The first-order valence-corrected chi connectivity index (χ1v) is 7.23. The summed E-state index contributed by atoms with van der Waals surface area (Å²) in [7, 11) is 1.28. The average Bonchev–Trinajstić information content (AvgIpc) is 2.47. The molecule has 0 aliphatic carbocycles. The minimum absolute atomic E-state index is 0.0717. The first kappa shape index (κ1) is 16.3. The van der Waals surface area contributed by atoms with E-state index < -0.39 is 5.97 Å². The van der Waals surface area contributed by atoms with Crippen molar-refractivity contribution in [2.24, 2.45) is 10.7 Å². The largest absolute Gasteiger partial charge is 0.464 e. The predicted molar refractivity (Wildman–Crippen MR) is 85.7 cm³/mol. The molecule has 106 valence electrons. The fourth-order valence-electron chi connectivity index (χ4n) is 1.48. The van der Waals surface area contributed by atoms with Crippen LogP contribution in [0.4, 0.5) is 0 Å². The third kappa shape index (κ3) is 3.88. The Hall–Kier alpha value is -1.72. The summed E-state index contributed by atoms with van der Waals surface area (Å²) < 4.78 is 4.74. The molecule has 0 amide bonds. The molecule has 0 fully saturated rings. The van der Waals surface area contributed by atoms with Gasteiger partial charge in [-0.3, -0.25) is 0 Å². The minimum atomic E-state index is -0.600. The maximum absolute atomic E-state index is 11.9. The van der Waals surface area contributed by atoms with Crippen LogP contribution in [-0.4, -0.2) is 24.5 Å². The number of nitrogens with zero attached hydrogens (tertiary/aromatic N) is 1. The summed E-state index contributed by atoms with van der Waals surface area (Å²) in [6.07, 6.45) is 3.27. The number of carbonyl (C=O) groups is 1. The molecule has 0 unspecified atom stereocenters. The predicted octanol–water partition coefficient (Wildman–Crippen LogP) is 3.09. The molecule has 1 rings (SSSR count). The lowest BCUT2D eigenvalue weighted by molar-refractivity contribution is -0.136. The van der Waals surface area contributed by atoms with Crippen LogP contribution in [0.5, 0.6) is 0 Å². The maximum Gasteiger partial charge on any atom is 0.357 e. The van der Waals surface area contributed by atoms with Crippen LogP contribution in [-0.2, 0) is 9.53 Å². The van der Waals surface area contributed by atoms with E-state index in [4.69, 9.17) is 22.1 Å². The number of halogens is 1. The quantitative estimate of drug-likeness (QED) is 0.305. The number of methoxy groups -OCH3 is 1. The number of thioether (sulfide) groups is 1. The van der Waals surface area contributed by atoms with E-state index >= 15 is 0 Å². The molecule has 0 atom stereocenters. The Morgan fingerprint density at radius 3 is 2.65 bits per heavy atom. The second kappa shape index (κ2) is 7.77. The number of hydrogen-bond acceptors (Lipinski definition) is 4. The number of carbonyl (C=O) groups excluding carboxylic acids is 1. The van der Waals surface area contributed by atoms with Crippen LogP contribution >= 0.6 is 23.4 Å². The molecule has 20 heavy (non-hydrogen) atoms. The molecular weight excluding hydrogens is 296 g/mol. The zero-order valence-electron chi connectivity index (χ0n) is 11.2. The smallest absolute Gasteiger partial charge is 0.357 e. The fourth-order valence-corrected chi connectivity index (χ4v) is 1.90. The Labute approximate surface area is 127 Å². The Bertz CT molecular complexity index is 582. The highest BCUT2D eigenvalue weighted by molar-refractivity contribution is 8.13. The van der Waals surface area contributed by atoms with Crippen LogP contribution in [0.3, 0.4) is 0 Å². The number of benzene rings is 1. The molecule has 6 heteroatoms.